The number of nitrogens with zero attached hydrogens (tertiary/aromatic N) is 3. The molecule has 21 heavy (non-hydrogen) atoms. The van der Waals surface area contributed by atoms with Gasteiger partial charge in [-0.05, 0) is 13.0 Å². The fourth-order valence-electron chi connectivity index (χ4n) is 1.85. The average molecular weight is 307 g/mol. The summed E-state index contributed by atoms with van der Waals surface area (Å²) in [4.78, 5) is 19.1. The molecule has 0 atom stereocenters. The van der Waals surface area contributed by atoms with E-state index in [0.717, 1.165) is 0 Å². The lowest BCUT2D eigenvalue weighted by Crippen LogP contribution is -2.03. The fraction of sp³-hybridized carbons (Fsp3) is 0.286. The Morgan fingerprint density at radius 2 is 2.05 bits per heavy atom. The van der Waals surface area contributed by atoms with Crippen LogP contribution in [-0.4, -0.2) is 14.9 Å². The topological polar surface area (TPSA) is 81.0 Å². The quantitative estimate of drug-likeness (QED) is 0.520. The van der Waals surface area contributed by atoms with Crippen molar-refractivity contribution in [2.24, 2.45) is 0 Å². The molecule has 0 aliphatic rings. The Morgan fingerprint density at radius 1 is 1.33 bits per heavy atom. The van der Waals surface area contributed by atoms with Crippen LogP contribution in [0.3, 0.4) is 0 Å². The van der Waals surface area contributed by atoms with Crippen molar-refractivity contribution in [2.45, 2.75) is 26.7 Å². The zero-order valence-electron chi connectivity index (χ0n) is 11.9. The SMILES string of the molecule is Cc1c(Nc2cc(Cl)nc(C(C)C)n2)cccc1[N+](=O)[O-]. The predicted molar refractivity (Wildman–Crippen MR) is 82.2 cm³/mol. The molecular formula is C14H15ClN4O2. The van der Waals surface area contributed by atoms with E-state index in [9.17, 15) is 10.1 Å². The van der Waals surface area contributed by atoms with E-state index in [0.29, 0.717) is 28.0 Å². The number of nitrogens with one attached hydrogen (secondary N) is 1. The molecule has 0 unspecified atom stereocenters. The average Bonchev–Trinajstić information content (AvgIpc) is 2.40. The number of rotatable bonds is 4. The highest BCUT2D eigenvalue weighted by Gasteiger charge is 2.14. The Hall–Kier alpha value is -2.21. The third-order valence-corrected chi connectivity index (χ3v) is 3.19. The second kappa shape index (κ2) is 6.05. The number of nitro benzene ring substituents is 1. The summed E-state index contributed by atoms with van der Waals surface area (Å²) >= 11 is 5.98. The van der Waals surface area contributed by atoms with E-state index in [-0.39, 0.29) is 11.6 Å². The maximum absolute atomic E-state index is 11.0. The largest absolute Gasteiger partial charge is 0.340 e. The fourth-order valence-corrected chi connectivity index (χ4v) is 2.04. The molecule has 2 aromatic rings. The molecule has 0 saturated heterocycles. The predicted octanol–water partition coefficient (Wildman–Crippen LogP) is 4.21. The van der Waals surface area contributed by atoms with E-state index in [1.807, 2.05) is 13.8 Å². The number of hydrogen-bond acceptors (Lipinski definition) is 5. The van der Waals surface area contributed by atoms with Crippen LogP contribution in [0.1, 0.15) is 31.2 Å². The Morgan fingerprint density at radius 3 is 2.67 bits per heavy atom. The van der Waals surface area contributed by atoms with Crippen LogP contribution in [0.5, 0.6) is 0 Å². The van der Waals surface area contributed by atoms with E-state index < -0.39 is 4.92 Å². The van der Waals surface area contributed by atoms with E-state index in [1.165, 1.54) is 6.07 Å². The third-order valence-electron chi connectivity index (χ3n) is 2.99. The van der Waals surface area contributed by atoms with Gasteiger partial charge in [0, 0.05) is 23.7 Å². The second-order valence-corrected chi connectivity index (χ2v) is 5.31. The van der Waals surface area contributed by atoms with Gasteiger partial charge in [-0.15, -0.1) is 0 Å². The minimum Gasteiger partial charge on any atom is -0.340 e. The van der Waals surface area contributed by atoms with Gasteiger partial charge in [0.25, 0.3) is 5.69 Å². The summed E-state index contributed by atoms with van der Waals surface area (Å²) < 4.78 is 0. The summed E-state index contributed by atoms with van der Waals surface area (Å²) in [5, 5.41) is 14.4. The summed E-state index contributed by atoms with van der Waals surface area (Å²) in [5.74, 6) is 1.27. The molecule has 0 fully saturated rings. The van der Waals surface area contributed by atoms with Crippen LogP contribution in [0, 0.1) is 17.0 Å². The van der Waals surface area contributed by atoms with Gasteiger partial charge in [0.1, 0.15) is 16.8 Å². The Balaban J connectivity index is 2.39. The lowest BCUT2D eigenvalue weighted by molar-refractivity contribution is -0.385. The van der Waals surface area contributed by atoms with Crippen LogP contribution < -0.4 is 5.32 Å². The van der Waals surface area contributed by atoms with Crippen molar-refractivity contribution in [1.29, 1.82) is 0 Å². The first-order valence-corrected chi connectivity index (χ1v) is 6.81. The highest BCUT2D eigenvalue weighted by atomic mass is 35.5. The van der Waals surface area contributed by atoms with Crippen LogP contribution in [0.2, 0.25) is 5.15 Å². The van der Waals surface area contributed by atoms with Crippen LogP contribution in [0.15, 0.2) is 24.3 Å². The summed E-state index contributed by atoms with van der Waals surface area (Å²) in [5.41, 5.74) is 1.22. The summed E-state index contributed by atoms with van der Waals surface area (Å²) in [6, 6.07) is 6.44. The number of anilines is 2. The monoisotopic (exact) mass is 306 g/mol. The van der Waals surface area contributed by atoms with Crippen molar-refractivity contribution in [3.63, 3.8) is 0 Å². The first-order chi connectivity index (χ1) is 9.88. The van der Waals surface area contributed by atoms with E-state index in [1.54, 1.807) is 25.1 Å². The van der Waals surface area contributed by atoms with Gasteiger partial charge in [-0.3, -0.25) is 10.1 Å². The molecular weight excluding hydrogens is 292 g/mol. The normalized spacial score (nSPS) is 10.7. The molecule has 0 bridgehead atoms. The molecule has 0 radical (unpaired) electrons. The zero-order chi connectivity index (χ0) is 15.6. The van der Waals surface area contributed by atoms with Crippen molar-refractivity contribution in [1.82, 2.24) is 9.97 Å². The first-order valence-electron chi connectivity index (χ1n) is 6.44. The number of benzene rings is 1. The van der Waals surface area contributed by atoms with Crippen molar-refractivity contribution in [3.05, 3.63) is 50.9 Å². The maximum Gasteiger partial charge on any atom is 0.274 e. The molecule has 7 heteroatoms. The number of halogens is 1. The van der Waals surface area contributed by atoms with Crippen LogP contribution in [-0.2, 0) is 0 Å². The molecule has 1 heterocycles. The maximum atomic E-state index is 11.0. The summed E-state index contributed by atoms with van der Waals surface area (Å²) in [7, 11) is 0. The minimum atomic E-state index is -0.410. The van der Waals surface area contributed by atoms with Crippen LogP contribution in [0.25, 0.3) is 0 Å². The highest BCUT2D eigenvalue weighted by Crippen LogP contribution is 2.28. The van der Waals surface area contributed by atoms with Crippen molar-refractivity contribution in [2.75, 3.05) is 5.32 Å². The van der Waals surface area contributed by atoms with Crippen molar-refractivity contribution in [3.8, 4) is 0 Å². The molecule has 0 amide bonds. The van der Waals surface area contributed by atoms with Crippen molar-refractivity contribution >= 4 is 28.8 Å². The van der Waals surface area contributed by atoms with Gasteiger partial charge in [-0.1, -0.05) is 31.5 Å². The van der Waals surface area contributed by atoms with Crippen LogP contribution in [0.4, 0.5) is 17.2 Å². The molecule has 1 aromatic carbocycles. The zero-order valence-corrected chi connectivity index (χ0v) is 12.7. The van der Waals surface area contributed by atoms with Gasteiger partial charge in [0.15, 0.2) is 0 Å². The van der Waals surface area contributed by atoms with Gasteiger partial charge in [-0.25, -0.2) is 9.97 Å². The summed E-state index contributed by atoms with van der Waals surface area (Å²) in [6.07, 6.45) is 0. The Bertz CT molecular complexity index is 689. The molecule has 0 saturated carbocycles. The molecule has 0 aliphatic heterocycles. The van der Waals surface area contributed by atoms with Crippen LogP contribution >= 0.6 is 11.6 Å². The van der Waals surface area contributed by atoms with Gasteiger partial charge >= 0.3 is 0 Å². The number of nitro groups is 1. The van der Waals surface area contributed by atoms with Crippen molar-refractivity contribution < 1.29 is 4.92 Å². The molecule has 1 aromatic heterocycles. The highest BCUT2D eigenvalue weighted by molar-refractivity contribution is 6.29. The first kappa shape index (κ1) is 15.2. The molecule has 0 spiro atoms. The standard InChI is InChI=1S/C14H15ClN4O2/c1-8(2)14-17-12(15)7-13(18-14)16-10-5-4-6-11(9(10)3)19(20)21/h4-8H,1-3H3,(H,16,17,18). The van der Waals surface area contributed by atoms with Gasteiger partial charge < -0.3 is 5.32 Å². The van der Waals surface area contributed by atoms with E-state index >= 15 is 0 Å². The van der Waals surface area contributed by atoms with E-state index in [2.05, 4.69) is 15.3 Å². The third kappa shape index (κ3) is 3.46. The number of aromatic nitrogens is 2. The molecule has 110 valence electrons. The molecule has 6 nitrogen and oxygen atoms in total. The molecule has 2 rings (SSSR count). The molecule has 1 N–H and O–H groups in total. The second-order valence-electron chi connectivity index (χ2n) is 4.92. The van der Waals surface area contributed by atoms with Gasteiger partial charge in [-0.2, -0.15) is 0 Å². The Labute approximate surface area is 127 Å². The van der Waals surface area contributed by atoms with Gasteiger partial charge in [0.2, 0.25) is 0 Å². The lowest BCUT2D eigenvalue weighted by atomic mass is 10.1. The van der Waals surface area contributed by atoms with Gasteiger partial charge in [0.05, 0.1) is 10.5 Å². The minimum absolute atomic E-state index is 0.0595. The smallest absolute Gasteiger partial charge is 0.274 e. The lowest BCUT2D eigenvalue weighted by Gasteiger charge is -2.11. The summed E-state index contributed by atoms with van der Waals surface area (Å²) in [6.45, 7) is 5.62. The Kier molecular flexibility index (Phi) is 4.37. The number of hydrogen-bond donors (Lipinski definition) is 1. The molecule has 0 aliphatic carbocycles. The van der Waals surface area contributed by atoms with E-state index in [4.69, 9.17) is 11.6 Å².